The normalized spacial score (nSPS) is 10.8. The monoisotopic (exact) mass is 1200 g/mol. The number of nitrogens with zero attached hydrogens (tertiary/aromatic N) is 11. The molecule has 0 atom stereocenters. The van der Waals surface area contributed by atoms with Crippen LogP contribution in [0.25, 0.3) is 93.0 Å². The molecule has 16 aromatic rings. The molecule has 0 amide bonds. The number of hydrogen-bond donors (Lipinski definition) is 0. The largest absolute Gasteiger partial charge is 0.412 e. The Morgan fingerprint density at radius 3 is 1.23 bits per heavy atom. The van der Waals surface area contributed by atoms with E-state index in [4.69, 9.17) is 29.5 Å². The van der Waals surface area contributed by atoms with Crippen LogP contribution < -0.4 is 36.5 Å². The maximum atomic E-state index is 9.54. The van der Waals surface area contributed by atoms with Gasteiger partial charge in [-0.1, -0.05) is 93.9 Å². The molecule has 0 radical (unpaired) electrons. The minimum atomic E-state index is 0.560. The number of thiazole rings is 4. The second-order valence-corrected chi connectivity index (χ2v) is 22.3. The van der Waals surface area contributed by atoms with Crippen molar-refractivity contribution in [1.82, 2.24) is 0 Å². The molecule has 0 saturated carbocycles. The van der Waals surface area contributed by atoms with Crippen LogP contribution in [0.4, 0.5) is 5.69 Å². The molecule has 0 aliphatic heterocycles. The van der Waals surface area contributed by atoms with E-state index in [0.29, 0.717) is 16.8 Å². The quantitative estimate of drug-likeness (QED) is 0.110. The van der Waals surface area contributed by atoms with E-state index in [1.54, 1.807) is 117 Å². The molecule has 0 saturated heterocycles. The Balaban J connectivity index is 0.000000108. The van der Waals surface area contributed by atoms with Crippen molar-refractivity contribution in [3.05, 3.63) is 294 Å². The molecular formula is C67H45N11O4S4+8. The van der Waals surface area contributed by atoms with Crippen LogP contribution in [0.1, 0.15) is 11.1 Å². The lowest BCUT2D eigenvalue weighted by Crippen LogP contribution is -2.32. The maximum Gasteiger partial charge on any atom is 0.341 e. The summed E-state index contributed by atoms with van der Waals surface area (Å²) in [6.45, 7) is 7.15. The van der Waals surface area contributed by atoms with Gasteiger partial charge in [0, 0.05) is 72.8 Å². The summed E-state index contributed by atoms with van der Waals surface area (Å²) in [7, 11) is 0. The highest BCUT2D eigenvalue weighted by Gasteiger charge is 2.24. The van der Waals surface area contributed by atoms with Gasteiger partial charge in [-0.3, -0.25) is 0 Å². The highest BCUT2D eigenvalue weighted by atomic mass is 32.1. The first kappa shape index (κ1) is 53.9. The van der Waals surface area contributed by atoms with Gasteiger partial charge in [-0.25, -0.2) is 4.85 Å². The number of para-hydroxylation sites is 6. The van der Waals surface area contributed by atoms with Crippen molar-refractivity contribution >= 4 is 93.7 Å². The first-order valence-corrected chi connectivity index (χ1v) is 30.1. The minimum absolute atomic E-state index is 0.560. The van der Waals surface area contributed by atoms with Crippen molar-refractivity contribution in [2.45, 2.75) is 0 Å². The Morgan fingerprint density at radius 1 is 0.384 bits per heavy atom. The summed E-state index contributed by atoms with van der Waals surface area (Å²) in [5, 5.41) is 22.7. The molecule has 0 aliphatic rings. The predicted octanol–water partition coefficient (Wildman–Crippen LogP) is 12.5. The number of fused-ring (bicyclic) bond motifs is 4. The molecule has 86 heavy (non-hydrogen) atoms. The third-order valence-electron chi connectivity index (χ3n) is 13.8. The molecule has 408 valence electrons. The Morgan fingerprint density at radius 2 is 0.802 bits per heavy atom. The molecular weight excluding hydrogens is 1150 g/mol. The van der Waals surface area contributed by atoms with E-state index in [-0.39, 0.29) is 0 Å². The molecule has 16 rings (SSSR count). The zero-order valence-electron chi connectivity index (χ0n) is 45.2. The third kappa shape index (κ3) is 11.4. The first-order chi connectivity index (χ1) is 42.5. The standard InChI is InChI=1S/C21H13N3S2.C20H14N2O2.C13H9N3O2.C13H9N3S2/c22-12-15-9-16(23-13-25-20-7-3-1-5-18(20)23)11-17(10-15)24-14-26-21-8-4-2-6-19(21)24;1-3-10-19-17(8-1)21(13-23-19)15-6-5-7-16(12-15)22-14-24-20-11-4-2-9-18(20)22;1-14-11-6-12(15-2-4-17-9-15)8-13(7-11)16-3-5-18-10-16;14-8-11-5-12(15-1-3-17-9-15)7-13(6-11)16-2-4-18-10-16/h1-11,13-14H;1-14H;2-10H;1-7,9-10H/q4*+2. The smallest absolute Gasteiger partial charge is 0.341 e. The van der Waals surface area contributed by atoms with Gasteiger partial charge in [-0.05, 0) is 30.3 Å². The Labute approximate surface area is 506 Å². The zero-order valence-corrected chi connectivity index (χ0v) is 48.4. The predicted molar refractivity (Wildman–Crippen MR) is 324 cm³/mol. The van der Waals surface area contributed by atoms with E-state index in [0.717, 1.165) is 78.7 Å². The fraction of sp³-hybridized carbons (Fsp3) is 0. The van der Waals surface area contributed by atoms with Gasteiger partial charge in [0.1, 0.15) is 9.40 Å². The van der Waals surface area contributed by atoms with Crippen LogP contribution in [0.3, 0.4) is 0 Å². The minimum Gasteiger partial charge on any atom is -0.412 e. The molecule has 0 N–H and O–H groups in total. The van der Waals surface area contributed by atoms with E-state index < -0.39 is 0 Å². The van der Waals surface area contributed by atoms with Crippen molar-refractivity contribution in [2.75, 3.05) is 0 Å². The summed E-state index contributed by atoms with van der Waals surface area (Å²) in [5.41, 5.74) is 24.0. The molecule has 0 bridgehead atoms. The topological polar surface area (TPSA) is 136 Å². The van der Waals surface area contributed by atoms with Crippen molar-refractivity contribution in [3.63, 3.8) is 0 Å². The second-order valence-electron chi connectivity index (χ2n) is 19.0. The SMILES string of the molecule is N#Cc1cc(-[n+]2ccsc2)cc(-[n+]2ccsc2)c1.N#Cc1cc(-[n+]2csc3ccccc32)cc(-[n+]2csc3ccccc32)c1.[C-]#[N+]c1cc(-[n+]2ccoc2)cc(-[n+]2ccoc2)c1.c1cc(-[n+]2coc3ccccc32)cc(-[n+]2coc3ccccc32)c1. The van der Waals surface area contributed by atoms with Gasteiger partial charge in [0.05, 0.1) is 64.9 Å². The van der Waals surface area contributed by atoms with Gasteiger partial charge in [0.25, 0.3) is 11.0 Å². The highest BCUT2D eigenvalue weighted by Crippen LogP contribution is 2.23. The first-order valence-electron chi connectivity index (χ1n) is 26.5. The van der Waals surface area contributed by atoms with Gasteiger partial charge in [0.15, 0.2) is 30.6 Å². The van der Waals surface area contributed by atoms with Gasteiger partial charge < -0.3 is 17.7 Å². The van der Waals surface area contributed by atoms with Crippen molar-refractivity contribution < 1.29 is 54.2 Å². The van der Waals surface area contributed by atoms with Crippen LogP contribution >= 0.6 is 45.3 Å². The van der Waals surface area contributed by atoms with Crippen molar-refractivity contribution in [2.24, 2.45) is 0 Å². The molecule has 0 unspecified atom stereocenters. The van der Waals surface area contributed by atoms with Gasteiger partial charge in [-0.2, -0.15) is 19.7 Å². The molecule has 8 heterocycles. The average molecular weight is 1200 g/mol. The lowest BCUT2D eigenvalue weighted by Gasteiger charge is -1.98. The molecule has 0 fully saturated rings. The summed E-state index contributed by atoms with van der Waals surface area (Å²) in [4.78, 5) is 3.47. The van der Waals surface area contributed by atoms with E-state index in [1.165, 1.54) is 9.40 Å². The van der Waals surface area contributed by atoms with Gasteiger partial charge in [-0.15, -0.1) is 27.4 Å². The summed E-state index contributed by atoms with van der Waals surface area (Å²) in [5.74, 6) is 0. The Kier molecular flexibility index (Phi) is 15.4. The molecule has 15 nitrogen and oxygen atoms in total. The van der Waals surface area contributed by atoms with E-state index >= 15 is 0 Å². The molecule has 8 aromatic carbocycles. The number of hydrogen-bond acceptors (Lipinski definition) is 10. The number of aromatic nitrogens is 8. The van der Waals surface area contributed by atoms with E-state index in [2.05, 4.69) is 91.7 Å². The summed E-state index contributed by atoms with van der Waals surface area (Å²) in [6.07, 6.45) is 17.3. The van der Waals surface area contributed by atoms with E-state index in [9.17, 15) is 5.26 Å². The molecule has 0 aliphatic carbocycles. The fourth-order valence-corrected chi connectivity index (χ4v) is 12.6. The number of rotatable bonds is 8. The lowest BCUT2D eigenvalue weighted by molar-refractivity contribution is -0.607. The van der Waals surface area contributed by atoms with Crippen LogP contribution in [0.5, 0.6) is 0 Å². The summed E-state index contributed by atoms with van der Waals surface area (Å²) < 4.78 is 39.8. The van der Waals surface area contributed by atoms with Crippen LogP contribution in [0.15, 0.2) is 289 Å². The van der Waals surface area contributed by atoms with E-state index in [1.807, 2.05) is 162 Å². The fourth-order valence-electron chi connectivity index (χ4n) is 9.65. The number of oxazole rings is 4. The highest BCUT2D eigenvalue weighted by molar-refractivity contribution is 7.16. The number of benzene rings is 8. The third-order valence-corrected chi connectivity index (χ3v) is 16.8. The van der Waals surface area contributed by atoms with Crippen LogP contribution in [-0.4, -0.2) is 0 Å². The van der Waals surface area contributed by atoms with Crippen LogP contribution in [0.2, 0.25) is 0 Å². The van der Waals surface area contributed by atoms with Gasteiger partial charge >= 0.3 is 25.6 Å². The van der Waals surface area contributed by atoms with Gasteiger partial charge in [0.2, 0.25) is 102 Å². The van der Waals surface area contributed by atoms with Crippen molar-refractivity contribution in [1.29, 1.82) is 10.5 Å². The van der Waals surface area contributed by atoms with Crippen LogP contribution in [0, 0.1) is 29.2 Å². The molecule has 0 spiro atoms. The number of nitriles is 2. The summed E-state index contributed by atoms with van der Waals surface area (Å²) >= 11 is 6.66. The molecule has 19 heteroatoms. The lowest BCUT2D eigenvalue weighted by atomic mass is 10.1. The second kappa shape index (κ2) is 24.6. The Hall–Kier alpha value is -11.4. The Bertz CT molecular complexity index is 4730. The zero-order chi connectivity index (χ0) is 58.2. The molecule has 8 aromatic heterocycles. The summed E-state index contributed by atoms with van der Waals surface area (Å²) in [6, 6.07) is 62.8. The van der Waals surface area contributed by atoms with Crippen LogP contribution in [-0.2, 0) is 0 Å². The maximum absolute atomic E-state index is 9.54. The average Bonchev–Trinajstić information content (AvgIpc) is 2.78. The van der Waals surface area contributed by atoms with Crippen molar-refractivity contribution in [3.8, 4) is 57.6 Å².